The number of nitrogens with one attached hydrogen (secondary N) is 5. The number of nitrogen functional groups attached to an aromatic ring is 4. The van der Waals surface area contributed by atoms with E-state index >= 15 is 0 Å². The average molecular weight is 1550 g/mol. The molecule has 32 nitrogen and oxygen atoms in total. The minimum atomic E-state index is -0.646. The maximum atomic E-state index is 14.7. The summed E-state index contributed by atoms with van der Waals surface area (Å²) >= 11 is 3.20. The molecule has 3 aromatic carbocycles. The van der Waals surface area contributed by atoms with Crippen LogP contribution in [-0.4, -0.2) is 117 Å². The number of aromatic nitrogens is 15. The summed E-state index contributed by atoms with van der Waals surface area (Å²) in [5.74, 6) is -1.84. The topological polar surface area (TPSA) is 467 Å². The van der Waals surface area contributed by atoms with Gasteiger partial charge >= 0.3 is 54.2 Å². The first-order valence-electron chi connectivity index (χ1n) is 33.1. The van der Waals surface area contributed by atoms with Gasteiger partial charge in [-0.05, 0) is 96.6 Å². The van der Waals surface area contributed by atoms with Crippen molar-refractivity contribution in [1.82, 2.24) is 90.4 Å². The Labute approximate surface area is 624 Å². The number of anilines is 4. The van der Waals surface area contributed by atoms with E-state index < -0.39 is 53.5 Å². The maximum absolute atomic E-state index is 14.7. The van der Waals surface area contributed by atoms with Gasteiger partial charge in [-0.15, -0.1) is 0 Å². The van der Waals surface area contributed by atoms with Crippen LogP contribution in [0.15, 0.2) is 152 Å². The van der Waals surface area contributed by atoms with Gasteiger partial charge in [-0.2, -0.15) is 15.0 Å². The van der Waals surface area contributed by atoms with Crippen LogP contribution >= 0.6 is 15.9 Å². The zero-order valence-electron chi connectivity index (χ0n) is 61.0. The van der Waals surface area contributed by atoms with Crippen LogP contribution in [0.4, 0.5) is 41.0 Å². The number of carbonyl (C=O) groups is 4. The molecule has 13 N–H and O–H groups in total. The number of aromatic amines is 2. The first-order valence-corrected chi connectivity index (χ1v) is 33.9. The highest BCUT2D eigenvalue weighted by Gasteiger charge is 2.52. The van der Waals surface area contributed by atoms with Gasteiger partial charge in [-0.1, -0.05) is 114 Å². The molecule has 0 saturated carbocycles. The highest BCUT2D eigenvalue weighted by molar-refractivity contribution is 9.10. The molecule has 0 unspecified atom stereocenters. The van der Waals surface area contributed by atoms with Crippen LogP contribution in [0, 0.1) is 17.5 Å². The number of imidazole rings is 3. The Balaban J connectivity index is 0.000000164. The molecule has 1 fully saturated rings. The molecule has 0 spiro atoms. The monoisotopic (exact) mass is 1550 g/mol. The van der Waals surface area contributed by atoms with E-state index in [1.54, 1.807) is 85.6 Å². The molecular formula is C71H79BBrF3N22O10. The summed E-state index contributed by atoms with van der Waals surface area (Å²) in [5.41, 5.74) is 25.5. The van der Waals surface area contributed by atoms with E-state index in [2.05, 4.69) is 97.2 Å². The fourth-order valence-corrected chi connectivity index (χ4v) is 9.74. The average Bonchev–Trinajstić information content (AvgIpc) is 1.62. The Kier molecular flexibility index (Phi) is 24.4. The van der Waals surface area contributed by atoms with Crippen molar-refractivity contribution in [3.05, 3.63) is 213 Å². The second-order valence-electron chi connectivity index (χ2n) is 28.3. The summed E-state index contributed by atoms with van der Waals surface area (Å²) in [6.45, 7) is 24.8. The fraction of sp³-hybridized carbons (Fsp3) is 0.296. The van der Waals surface area contributed by atoms with Gasteiger partial charge in [0.25, 0.3) is 0 Å². The van der Waals surface area contributed by atoms with Gasteiger partial charge in [-0.3, -0.25) is 28.5 Å². The van der Waals surface area contributed by atoms with Gasteiger partial charge in [0, 0.05) is 112 Å². The van der Waals surface area contributed by atoms with Crippen LogP contribution in [0.25, 0.3) is 33.4 Å². The van der Waals surface area contributed by atoms with Crippen molar-refractivity contribution in [3.63, 3.8) is 0 Å². The standard InChI is InChI=1S/C20H27BFN3O4.C20H19FN6O3.C19H21FN6O2.C7H6N4O.C5H6BrN3/c1-18(2,3)17-24-16(27-25-17)15(26)23-11-12-8-9-13(10-14(12)22)21-28-19(4,5)20(6,7)29-21;1-20(2,3)18-26-17(30-27-18)16(28)23-9-11-5-4-10(8-13(11)21)12-6-7-22-15-14(12)24-19(29)25-15;1-19(2,3)18-25-17(28-26-18)16(27)24-9-11-5-4-10(8-13(11)20)12-6-7-23-15(22)14(12)21;12-7(10-3-1-8-5-10)11-4-2-9-6-11;6-3-1-2-9-5(8)4(3)7/h8-10H,11H2,1-7H3,(H,23,26);4-8H,9H2,1-3H3,(H,23,28)(H2,22,24,25,29);4-8H,9,21H2,1-3H3,(H2,22,23)(H,24,27);1-6H;1-2H,7H2,(H2,8,9). The first-order chi connectivity index (χ1) is 50.8. The molecule has 3 amide bonds. The third-order valence-corrected chi connectivity index (χ3v) is 17.1. The van der Waals surface area contributed by atoms with Gasteiger partial charge < -0.3 is 66.7 Å². The summed E-state index contributed by atoms with van der Waals surface area (Å²) in [5, 5.41) is 19.1. The number of rotatable bonds is 12. The highest BCUT2D eigenvalue weighted by Crippen LogP contribution is 2.37. The number of nitrogens with two attached hydrogens (primary N) is 4. The molecule has 0 atom stereocenters. The molecule has 12 aromatic rings. The zero-order valence-corrected chi connectivity index (χ0v) is 62.6. The Hall–Kier alpha value is -12.2. The summed E-state index contributed by atoms with van der Waals surface area (Å²) in [6.07, 6.45) is 13.8. The van der Waals surface area contributed by atoms with Gasteiger partial charge in [0.15, 0.2) is 23.1 Å². The number of hydrogen-bond donors (Lipinski definition) is 9. The number of fused-ring (bicyclic) bond motifs is 1. The van der Waals surface area contributed by atoms with Crippen molar-refractivity contribution in [3.8, 4) is 22.3 Å². The van der Waals surface area contributed by atoms with Crippen LogP contribution < -0.4 is 50.0 Å². The largest absolute Gasteiger partial charge is 0.494 e. The van der Waals surface area contributed by atoms with Crippen molar-refractivity contribution >= 4 is 86.4 Å². The Bertz CT molecular complexity index is 5160. The summed E-state index contributed by atoms with van der Waals surface area (Å²) in [6, 6.07) is 18.8. The molecule has 108 heavy (non-hydrogen) atoms. The van der Waals surface area contributed by atoms with Crippen molar-refractivity contribution in [2.75, 3.05) is 22.9 Å². The second kappa shape index (κ2) is 33.0. The molecule has 10 heterocycles. The smallest absolute Gasteiger partial charge is 0.399 e. The number of benzene rings is 3. The summed E-state index contributed by atoms with van der Waals surface area (Å²) in [7, 11) is -0.646. The van der Waals surface area contributed by atoms with Gasteiger partial charge in [0.2, 0.25) is 0 Å². The van der Waals surface area contributed by atoms with Crippen molar-refractivity contribution < 1.29 is 55.2 Å². The summed E-state index contributed by atoms with van der Waals surface area (Å²) in [4.78, 5) is 96.3. The van der Waals surface area contributed by atoms with Gasteiger partial charge in [0.05, 0.1) is 28.1 Å². The molecule has 37 heteroatoms. The minimum Gasteiger partial charge on any atom is -0.399 e. The van der Waals surface area contributed by atoms with E-state index in [1.807, 2.05) is 90.0 Å². The van der Waals surface area contributed by atoms with Gasteiger partial charge in [0.1, 0.15) is 41.7 Å². The number of amides is 3. The van der Waals surface area contributed by atoms with Gasteiger partial charge in [-0.25, -0.2) is 47.7 Å². The first kappa shape index (κ1) is 79.9. The highest BCUT2D eigenvalue weighted by atomic mass is 79.9. The van der Waals surface area contributed by atoms with E-state index in [0.717, 1.165) is 4.47 Å². The Morgan fingerprint density at radius 3 is 1.31 bits per heavy atom. The Morgan fingerprint density at radius 1 is 0.528 bits per heavy atom. The third-order valence-electron chi connectivity index (χ3n) is 16.4. The molecule has 0 radical (unpaired) electrons. The van der Waals surface area contributed by atoms with Crippen molar-refractivity contribution in [2.45, 2.75) is 137 Å². The van der Waals surface area contributed by atoms with E-state index in [1.165, 1.54) is 52.4 Å². The van der Waals surface area contributed by atoms with Crippen molar-refractivity contribution in [2.24, 2.45) is 0 Å². The number of H-pyrrole nitrogens is 2. The lowest BCUT2D eigenvalue weighted by Gasteiger charge is -2.32. The van der Waals surface area contributed by atoms with E-state index in [0.29, 0.717) is 79.0 Å². The molecule has 13 rings (SSSR count). The van der Waals surface area contributed by atoms with E-state index in [9.17, 15) is 37.1 Å². The van der Waals surface area contributed by atoms with Crippen LogP contribution in [0.2, 0.25) is 0 Å². The molecule has 1 aliphatic heterocycles. The maximum Gasteiger partial charge on any atom is 0.494 e. The number of carbonyl (C=O) groups excluding carboxylic acids is 4. The lowest BCUT2D eigenvalue weighted by molar-refractivity contribution is 0.00578. The predicted molar refractivity (Wildman–Crippen MR) is 397 cm³/mol. The third kappa shape index (κ3) is 19.8. The number of halogens is 4. The molecule has 564 valence electrons. The molecule has 9 aromatic heterocycles. The molecule has 1 saturated heterocycles. The van der Waals surface area contributed by atoms with Crippen LogP contribution in [0.1, 0.15) is 156 Å². The number of pyridine rings is 3. The Morgan fingerprint density at radius 2 is 0.926 bits per heavy atom. The number of nitrogens with zero attached hydrogens (tertiary/aromatic N) is 13. The van der Waals surface area contributed by atoms with E-state index in [4.69, 9.17) is 45.8 Å². The fourth-order valence-electron chi connectivity index (χ4n) is 9.42. The van der Waals surface area contributed by atoms with Crippen LogP contribution in [0.3, 0.4) is 0 Å². The molecule has 0 bridgehead atoms. The minimum absolute atomic E-state index is 0.0124. The molecular weight excluding hydrogens is 1470 g/mol. The molecule has 1 aliphatic rings. The SMILES string of the molecule is CC(C)(C)c1noc(C(=O)NCc2ccc(-c3ccnc(N)c3N)cc2F)n1.CC(C)(C)c1noc(C(=O)NCc2ccc(-c3ccnc4[nH]c(=O)[nH]c34)cc2F)n1.CC(C)(C)c1noc(C(=O)NCc2ccc(B3OC(C)(C)C(C)(C)O3)cc2F)n1.Nc1nccc(Br)c1N.O=C(n1ccnc1)n1ccnc1. The van der Waals surface area contributed by atoms with Crippen LogP contribution in [0.5, 0.6) is 0 Å². The quantitative estimate of drug-likeness (QED) is 0.0514. The number of hydrogen-bond acceptors (Lipinski definition) is 25. The van der Waals surface area contributed by atoms with E-state index in [-0.39, 0.29) is 82.3 Å². The lowest BCUT2D eigenvalue weighted by atomic mass is 9.78. The molecule has 0 aliphatic carbocycles. The van der Waals surface area contributed by atoms with Crippen LogP contribution in [-0.2, 0) is 45.2 Å². The predicted octanol–water partition coefficient (Wildman–Crippen LogP) is 9.67. The van der Waals surface area contributed by atoms with Crippen molar-refractivity contribution in [1.29, 1.82) is 0 Å². The zero-order chi connectivity index (χ0) is 78.8. The second-order valence-corrected chi connectivity index (χ2v) is 29.1. The lowest BCUT2D eigenvalue weighted by Crippen LogP contribution is -2.41. The normalized spacial score (nSPS) is 13.0. The summed E-state index contributed by atoms with van der Waals surface area (Å²) < 4.78 is 74.1.